The van der Waals surface area contributed by atoms with Gasteiger partial charge in [-0.05, 0) is 12.1 Å². The van der Waals surface area contributed by atoms with Crippen molar-refractivity contribution in [3.8, 4) is 17.2 Å². The molecule has 0 aliphatic carbocycles. The van der Waals surface area contributed by atoms with E-state index in [9.17, 15) is 4.79 Å². The van der Waals surface area contributed by atoms with Crippen molar-refractivity contribution in [1.82, 2.24) is 0 Å². The van der Waals surface area contributed by atoms with Crippen molar-refractivity contribution in [2.45, 2.75) is 6.42 Å². The van der Waals surface area contributed by atoms with Crippen molar-refractivity contribution in [3.05, 3.63) is 18.2 Å². The lowest BCUT2D eigenvalue weighted by atomic mass is 10.3. The summed E-state index contributed by atoms with van der Waals surface area (Å²) >= 11 is 5.43. The van der Waals surface area contributed by atoms with Gasteiger partial charge in [0.15, 0.2) is 11.5 Å². The van der Waals surface area contributed by atoms with Gasteiger partial charge in [0, 0.05) is 11.9 Å². The van der Waals surface area contributed by atoms with Gasteiger partial charge in [-0.2, -0.15) is 0 Å². The molecule has 0 aliphatic rings. The Morgan fingerprint density at radius 3 is 2.56 bits per heavy atom. The van der Waals surface area contributed by atoms with E-state index in [1.165, 1.54) is 7.11 Å². The lowest BCUT2D eigenvalue weighted by molar-refractivity contribution is -0.134. The molecule has 0 atom stereocenters. The van der Waals surface area contributed by atoms with Crippen molar-refractivity contribution in [2.75, 3.05) is 20.1 Å². The standard InChI is InChI=1S/C11H13ClO4/c1-14-8-3-4-9(10(7-8)15-2)16-11(13)5-6-12/h3-4,7H,5-6H2,1-2H3. The maximum Gasteiger partial charge on any atom is 0.312 e. The van der Waals surface area contributed by atoms with Gasteiger partial charge in [0.2, 0.25) is 0 Å². The van der Waals surface area contributed by atoms with Crippen LogP contribution in [0.3, 0.4) is 0 Å². The molecule has 1 rings (SSSR count). The molecule has 0 saturated carbocycles. The SMILES string of the molecule is COc1ccc(OC(=O)CCCl)c(OC)c1. The Morgan fingerprint density at radius 2 is 2.00 bits per heavy atom. The van der Waals surface area contributed by atoms with E-state index in [1.807, 2.05) is 0 Å². The molecule has 0 radical (unpaired) electrons. The second kappa shape index (κ2) is 6.23. The summed E-state index contributed by atoms with van der Waals surface area (Å²) in [5.41, 5.74) is 0. The molecule has 0 unspecified atom stereocenters. The van der Waals surface area contributed by atoms with Crippen LogP contribution in [0.2, 0.25) is 0 Å². The van der Waals surface area contributed by atoms with E-state index in [4.69, 9.17) is 25.8 Å². The summed E-state index contributed by atoms with van der Waals surface area (Å²) in [6, 6.07) is 4.94. The lowest BCUT2D eigenvalue weighted by Crippen LogP contribution is -2.09. The van der Waals surface area contributed by atoms with Crippen molar-refractivity contribution in [3.63, 3.8) is 0 Å². The van der Waals surface area contributed by atoms with Crippen molar-refractivity contribution < 1.29 is 19.0 Å². The topological polar surface area (TPSA) is 44.8 Å². The van der Waals surface area contributed by atoms with Gasteiger partial charge in [0.05, 0.1) is 20.6 Å². The molecule has 0 aliphatic heterocycles. The Labute approximate surface area is 99.1 Å². The van der Waals surface area contributed by atoms with E-state index in [2.05, 4.69) is 0 Å². The Bertz CT molecular complexity index is 365. The second-order valence-electron chi connectivity index (χ2n) is 2.93. The molecule has 1 aromatic carbocycles. The maximum atomic E-state index is 11.2. The number of hydrogen-bond donors (Lipinski definition) is 0. The fraction of sp³-hybridized carbons (Fsp3) is 0.364. The molecule has 0 fully saturated rings. The molecule has 0 spiro atoms. The first-order chi connectivity index (χ1) is 7.71. The van der Waals surface area contributed by atoms with E-state index >= 15 is 0 Å². The van der Waals surface area contributed by atoms with Crippen molar-refractivity contribution in [1.29, 1.82) is 0 Å². The van der Waals surface area contributed by atoms with E-state index in [-0.39, 0.29) is 12.3 Å². The largest absolute Gasteiger partial charge is 0.497 e. The van der Waals surface area contributed by atoms with Crippen LogP contribution in [0.4, 0.5) is 0 Å². The molecule has 1 aromatic rings. The van der Waals surface area contributed by atoms with Gasteiger partial charge in [-0.25, -0.2) is 0 Å². The monoisotopic (exact) mass is 244 g/mol. The molecule has 5 heteroatoms. The number of esters is 1. The number of methoxy groups -OCH3 is 2. The third-order valence-corrected chi connectivity index (χ3v) is 2.08. The molecule has 0 amide bonds. The van der Waals surface area contributed by atoms with Crippen LogP contribution < -0.4 is 14.2 Å². The Kier molecular flexibility index (Phi) is 4.92. The number of benzene rings is 1. The number of carbonyl (C=O) groups excluding carboxylic acids is 1. The van der Waals surface area contributed by atoms with Gasteiger partial charge < -0.3 is 14.2 Å². The van der Waals surface area contributed by atoms with Crippen molar-refractivity contribution >= 4 is 17.6 Å². The smallest absolute Gasteiger partial charge is 0.312 e. The normalized spacial score (nSPS) is 9.69. The molecule has 0 bridgehead atoms. The molecular formula is C11H13ClO4. The summed E-state index contributed by atoms with van der Waals surface area (Å²) in [6.07, 6.45) is 0.163. The third kappa shape index (κ3) is 3.31. The van der Waals surface area contributed by atoms with Gasteiger partial charge in [-0.3, -0.25) is 4.79 Å². The first-order valence-electron chi connectivity index (χ1n) is 4.70. The zero-order valence-corrected chi connectivity index (χ0v) is 9.91. The minimum atomic E-state index is -0.390. The third-order valence-electron chi connectivity index (χ3n) is 1.89. The summed E-state index contributed by atoms with van der Waals surface area (Å²) in [7, 11) is 3.04. The van der Waals surface area contributed by atoms with Crippen LogP contribution in [-0.4, -0.2) is 26.1 Å². The number of ether oxygens (including phenoxy) is 3. The Hall–Kier alpha value is -1.42. The van der Waals surface area contributed by atoms with Crippen LogP contribution in [0, 0.1) is 0 Å². The van der Waals surface area contributed by atoms with Crippen LogP contribution in [0.25, 0.3) is 0 Å². The molecule has 0 aromatic heterocycles. The highest BCUT2D eigenvalue weighted by Gasteiger charge is 2.10. The van der Waals surface area contributed by atoms with Crippen LogP contribution in [0.5, 0.6) is 17.2 Å². The molecule has 88 valence electrons. The Balaban J connectivity index is 2.83. The number of hydrogen-bond acceptors (Lipinski definition) is 4. The van der Waals surface area contributed by atoms with E-state index in [0.717, 1.165) is 0 Å². The quantitative estimate of drug-likeness (QED) is 0.453. The molecule has 0 saturated heterocycles. The van der Waals surface area contributed by atoms with E-state index in [0.29, 0.717) is 17.2 Å². The molecule has 4 nitrogen and oxygen atoms in total. The minimum Gasteiger partial charge on any atom is -0.497 e. The molecule has 16 heavy (non-hydrogen) atoms. The summed E-state index contributed by atoms with van der Waals surface area (Å²) in [6.45, 7) is 0. The summed E-state index contributed by atoms with van der Waals surface area (Å²) < 4.78 is 15.2. The molecule has 0 N–H and O–H groups in total. The first-order valence-corrected chi connectivity index (χ1v) is 5.23. The first kappa shape index (κ1) is 12.6. The predicted molar refractivity (Wildman–Crippen MR) is 60.5 cm³/mol. The fourth-order valence-corrected chi connectivity index (χ4v) is 1.26. The highest BCUT2D eigenvalue weighted by atomic mass is 35.5. The number of rotatable bonds is 5. The van der Waals surface area contributed by atoms with Gasteiger partial charge >= 0.3 is 5.97 Å². The van der Waals surface area contributed by atoms with E-state index < -0.39 is 5.97 Å². The van der Waals surface area contributed by atoms with Crippen LogP contribution >= 0.6 is 11.6 Å². The Morgan fingerprint density at radius 1 is 1.25 bits per heavy atom. The van der Waals surface area contributed by atoms with Gasteiger partial charge in [0.1, 0.15) is 5.75 Å². The summed E-state index contributed by atoms with van der Waals surface area (Å²) in [5.74, 6) is 1.28. The van der Waals surface area contributed by atoms with Gasteiger partial charge in [-0.1, -0.05) is 0 Å². The highest BCUT2D eigenvalue weighted by molar-refractivity contribution is 6.18. The number of halogens is 1. The van der Waals surface area contributed by atoms with Crippen LogP contribution in [-0.2, 0) is 4.79 Å². The number of alkyl halides is 1. The zero-order chi connectivity index (χ0) is 12.0. The van der Waals surface area contributed by atoms with E-state index in [1.54, 1.807) is 25.3 Å². The van der Waals surface area contributed by atoms with Crippen LogP contribution in [0.1, 0.15) is 6.42 Å². The van der Waals surface area contributed by atoms with Gasteiger partial charge in [0.25, 0.3) is 0 Å². The average molecular weight is 245 g/mol. The summed E-state index contributed by atoms with van der Waals surface area (Å²) in [5, 5.41) is 0. The predicted octanol–water partition coefficient (Wildman–Crippen LogP) is 2.24. The fourth-order valence-electron chi connectivity index (χ4n) is 1.11. The zero-order valence-electron chi connectivity index (χ0n) is 9.16. The van der Waals surface area contributed by atoms with Crippen LogP contribution in [0.15, 0.2) is 18.2 Å². The lowest BCUT2D eigenvalue weighted by Gasteiger charge is -2.09. The summed E-state index contributed by atoms with van der Waals surface area (Å²) in [4.78, 5) is 11.2. The molecule has 0 heterocycles. The van der Waals surface area contributed by atoms with Gasteiger partial charge in [-0.15, -0.1) is 11.6 Å². The maximum absolute atomic E-state index is 11.2. The average Bonchev–Trinajstić information content (AvgIpc) is 2.30. The molecular weight excluding hydrogens is 232 g/mol. The van der Waals surface area contributed by atoms with Crippen molar-refractivity contribution in [2.24, 2.45) is 0 Å². The number of carbonyl (C=O) groups is 1. The second-order valence-corrected chi connectivity index (χ2v) is 3.31. The minimum absolute atomic E-state index is 0.163. The highest BCUT2D eigenvalue weighted by Crippen LogP contribution is 2.31.